The SMILES string of the molecule is CN(C)CCCCNC(=O)c1cnc(NN)cn1. The van der Waals surface area contributed by atoms with Gasteiger partial charge < -0.3 is 15.6 Å². The first-order chi connectivity index (χ1) is 8.63. The van der Waals surface area contributed by atoms with Gasteiger partial charge in [0, 0.05) is 6.54 Å². The first-order valence-corrected chi connectivity index (χ1v) is 5.85. The molecule has 0 saturated carbocycles. The quantitative estimate of drug-likeness (QED) is 0.354. The number of hydrazine groups is 1. The molecule has 0 spiro atoms. The molecule has 0 aliphatic rings. The van der Waals surface area contributed by atoms with E-state index in [0.717, 1.165) is 19.4 Å². The lowest BCUT2D eigenvalue weighted by molar-refractivity contribution is 0.0947. The predicted octanol–water partition coefficient (Wildman–Crippen LogP) is -0.166. The first kappa shape index (κ1) is 14.3. The molecule has 1 heterocycles. The van der Waals surface area contributed by atoms with Crippen LogP contribution in [0.5, 0.6) is 0 Å². The van der Waals surface area contributed by atoms with Crippen LogP contribution in [-0.4, -0.2) is 48.0 Å². The average molecular weight is 252 g/mol. The first-order valence-electron chi connectivity index (χ1n) is 5.85. The van der Waals surface area contributed by atoms with Crippen LogP contribution < -0.4 is 16.6 Å². The molecular formula is C11H20N6O. The van der Waals surface area contributed by atoms with Gasteiger partial charge in [0.05, 0.1) is 12.4 Å². The van der Waals surface area contributed by atoms with Gasteiger partial charge in [-0.1, -0.05) is 0 Å². The molecular weight excluding hydrogens is 232 g/mol. The van der Waals surface area contributed by atoms with Crippen molar-refractivity contribution in [3.05, 3.63) is 18.1 Å². The Balaban J connectivity index is 2.27. The molecule has 0 unspecified atom stereocenters. The highest BCUT2D eigenvalue weighted by molar-refractivity contribution is 5.91. The molecule has 0 saturated heterocycles. The van der Waals surface area contributed by atoms with Crippen molar-refractivity contribution in [2.45, 2.75) is 12.8 Å². The molecule has 0 bridgehead atoms. The fraction of sp³-hybridized carbons (Fsp3) is 0.545. The van der Waals surface area contributed by atoms with Crippen LogP contribution in [0.15, 0.2) is 12.4 Å². The maximum Gasteiger partial charge on any atom is 0.271 e. The van der Waals surface area contributed by atoms with Crippen molar-refractivity contribution in [3.8, 4) is 0 Å². The van der Waals surface area contributed by atoms with Crippen LogP contribution in [0.25, 0.3) is 0 Å². The molecule has 18 heavy (non-hydrogen) atoms. The number of amides is 1. The van der Waals surface area contributed by atoms with E-state index >= 15 is 0 Å². The van der Waals surface area contributed by atoms with Crippen LogP contribution in [0.2, 0.25) is 0 Å². The Morgan fingerprint density at radius 3 is 2.67 bits per heavy atom. The van der Waals surface area contributed by atoms with E-state index in [0.29, 0.717) is 18.1 Å². The van der Waals surface area contributed by atoms with Crippen molar-refractivity contribution in [2.24, 2.45) is 5.84 Å². The summed E-state index contributed by atoms with van der Waals surface area (Å²) in [6.45, 7) is 1.66. The number of carbonyl (C=O) groups excluding carboxylic acids is 1. The number of aromatic nitrogens is 2. The Morgan fingerprint density at radius 2 is 2.11 bits per heavy atom. The highest BCUT2D eigenvalue weighted by Crippen LogP contribution is 1.98. The summed E-state index contributed by atoms with van der Waals surface area (Å²) < 4.78 is 0. The minimum absolute atomic E-state index is 0.212. The van der Waals surface area contributed by atoms with E-state index in [1.165, 1.54) is 12.4 Å². The summed E-state index contributed by atoms with van der Waals surface area (Å²) >= 11 is 0. The van der Waals surface area contributed by atoms with Crippen LogP contribution in [0, 0.1) is 0 Å². The summed E-state index contributed by atoms with van der Waals surface area (Å²) in [5.74, 6) is 5.37. The van der Waals surface area contributed by atoms with Gasteiger partial charge in [-0.3, -0.25) is 4.79 Å². The number of rotatable bonds is 7. The second kappa shape index (κ2) is 7.57. The number of nitrogens with two attached hydrogens (primary N) is 1. The van der Waals surface area contributed by atoms with Crippen molar-refractivity contribution >= 4 is 11.7 Å². The molecule has 4 N–H and O–H groups in total. The fourth-order valence-electron chi connectivity index (χ4n) is 1.37. The minimum atomic E-state index is -0.212. The number of carbonyl (C=O) groups is 1. The van der Waals surface area contributed by atoms with E-state index in [9.17, 15) is 4.79 Å². The molecule has 0 aliphatic carbocycles. The van der Waals surface area contributed by atoms with Gasteiger partial charge in [0.1, 0.15) is 5.69 Å². The van der Waals surface area contributed by atoms with Crippen LogP contribution in [-0.2, 0) is 0 Å². The van der Waals surface area contributed by atoms with E-state index in [4.69, 9.17) is 5.84 Å². The zero-order valence-corrected chi connectivity index (χ0v) is 10.8. The highest BCUT2D eigenvalue weighted by atomic mass is 16.1. The highest BCUT2D eigenvalue weighted by Gasteiger charge is 2.06. The smallest absolute Gasteiger partial charge is 0.271 e. The number of nitrogen functional groups attached to an aromatic ring is 1. The zero-order valence-electron chi connectivity index (χ0n) is 10.8. The second-order valence-corrected chi connectivity index (χ2v) is 4.20. The summed E-state index contributed by atoms with van der Waals surface area (Å²) in [7, 11) is 4.06. The summed E-state index contributed by atoms with van der Waals surface area (Å²) in [4.78, 5) is 21.7. The van der Waals surface area contributed by atoms with Gasteiger partial charge in [0.2, 0.25) is 0 Å². The van der Waals surface area contributed by atoms with Crippen molar-refractivity contribution in [2.75, 3.05) is 32.6 Å². The number of anilines is 1. The van der Waals surface area contributed by atoms with Gasteiger partial charge in [-0.05, 0) is 33.5 Å². The number of unbranched alkanes of at least 4 members (excludes halogenated alkanes) is 1. The molecule has 1 amide bonds. The molecule has 0 aromatic carbocycles. The van der Waals surface area contributed by atoms with Gasteiger partial charge in [0.15, 0.2) is 5.82 Å². The van der Waals surface area contributed by atoms with Gasteiger partial charge in [-0.15, -0.1) is 0 Å². The molecule has 7 nitrogen and oxygen atoms in total. The van der Waals surface area contributed by atoms with Crippen LogP contribution >= 0.6 is 0 Å². The molecule has 7 heteroatoms. The van der Waals surface area contributed by atoms with Gasteiger partial charge in [-0.2, -0.15) is 0 Å². The van der Waals surface area contributed by atoms with Crippen molar-refractivity contribution in [1.82, 2.24) is 20.2 Å². The zero-order chi connectivity index (χ0) is 13.4. The summed E-state index contributed by atoms with van der Waals surface area (Å²) in [6, 6.07) is 0. The lowest BCUT2D eigenvalue weighted by Crippen LogP contribution is -2.26. The largest absolute Gasteiger partial charge is 0.351 e. The normalized spacial score (nSPS) is 10.4. The predicted molar refractivity (Wildman–Crippen MR) is 70.0 cm³/mol. The third-order valence-corrected chi connectivity index (χ3v) is 2.35. The molecule has 0 aliphatic heterocycles. The summed E-state index contributed by atoms with van der Waals surface area (Å²) in [5.41, 5.74) is 2.65. The summed E-state index contributed by atoms with van der Waals surface area (Å²) in [6.07, 6.45) is 4.81. The van der Waals surface area contributed by atoms with E-state index in [1.807, 2.05) is 14.1 Å². The number of nitrogens with one attached hydrogen (secondary N) is 2. The average Bonchev–Trinajstić information content (AvgIpc) is 2.38. The molecule has 0 fully saturated rings. The lowest BCUT2D eigenvalue weighted by atomic mass is 10.3. The van der Waals surface area contributed by atoms with Crippen LogP contribution in [0.1, 0.15) is 23.3 Å². The van der Waals surface area contributed by atoms with Crippen molar-refractivity contribution in [1.29, 1.82) is 0 Å². The van der Waals surface area contributed by atoms with Crippen LogP contribution in [0.4, 0.5) is 5.82 Å². The number of hydrogen-bond acceptors (Lipinski definition) is 6. The monoisotopic (exact) mass is 252 g/mol. The fourth-order valence-corrected chi connectivity index (χ4v) is 1.37. The molecule has 1 aromatic heterocycles. The van der Waals surface area contributed by atoms with E-state index < -0.39 is 0 Å². The second-order valence-electron chi connectivity index (χ2n) is 4.20. The molecule has 1 aromatic rings. The van der Waals surface area contributed by atoms with Gasteiger partial charge >= 0.3 is 0 Å². The maximum atomic E-state index is 11.7. The molecule has 0 radical (unpaired) electrons. The van der Waals surface area contributed by atoms with E-state index in [2.05, 4.69) is 25.6 Å². The summed E-state index contributed by atoms with van der Waals surface area (Å²) in [5, 5.41) is 2.80. The number of hydrogen-bond donors (Lipinski definition) is 3. The Bertz CT molecular complexity index is 364. The van der Waals surface area contributed by atoms with E-state index in [1.54, 1.807) is 0 Å². The Kier molecular flexibility index (Phi) is 6.03. The topological polar surface area (TPSA) is 96.2 Å². The Hall–Kier alpha value is -1.73. The minimum Gasteiger partial charge on any atom is -0.351 e. The molecule has 100 valence electrons. The Labute approximate surface area is 107 Å². The maximum absolute atomic E-state index is 11.7. The molecule has 0 atom stereocenters. The standard InChI is InChI=1S/C11H20N6O/c1-17(2)6-4-3-5-13-11(18)9-7-15-10(16-12)8-14-9/h7-8H,3-6,12H2,1-2H3,(H,13,18)(H,15,16). The van der Waals surface area contributed by atoms with Gasteiger partial charge in [-0.25, -0.2) is 15.8 Å². The van der Waals surface area contributed by atoms with Crippen molar-refractivity contribution in [3.63, 3.8) is 0 Å². The van der Waals surface area contributed by atoms with Crippen LogP contribution in [0.3, 0.4) is 0 Å². The third-order valence-electron chi connectivity index (χ3n) is 2.35. The third kappa shape index (κ3) is 5.07. The van der Waals surface area contributed by atoms with E-state index in [-0.39, 0.29) is 5.91 Å². The molecule has 1 rings (SSSR count). The lowest BCUT2D eigenvalue weighted by Gasteiger charge is -2.09. The number of nitrogens with zero attached hydrogens (tertiary/aromatic N) is 3. The van der Waals surface area contributed by atoms with Crippen molar-refractivity contribution < 1.29 is 4.79 Å². The Morgan fingerprint density at radius 1 is 1.33 bits per heavy atom. The van der Waals surface area contributed by atoms with Gasteiger partial charge in [0.25, 0.3) is 5.91 Å².